The molecule has 0 atom stereocenters. The summed E-state index contributed by atoms with van der Waals surface area (Å²) in [6.45, 7) is 0. The quantitative estimate of drug-likeness (QED) is 0.734. The molecule has 0 amide bonds. The maximum atomic E-state index is 11.0. The zero-order chi connectivity index (χ0) is 11.4. The Kier molecular flexibility index (Phi) is 3.34. The monoisotopic (exact) mass is 219 g/mol. The van der Waals surface area contributed by atoms with Gasteiger partial charge in [0, 0.05) is 30.6 Å². The zero-order valence-corrected chi connectivity index (χ0v) is 9.61. The fourth-order valence-corrected chi connectivity index (χ4v) is 2.59. The van der Waals surface area contributed by atoms with Gasteiger partial charge in [-0.25, -0.2) is 0 Å². The van der Waals surface area contributed by atoms with Crippen molar-refractivity contribution in [2.24, 2.45) is 0 Å². The van der Waals surface area contributed by atoms with Crippen LogP contribution in [0.15, 0.2) is 18.5 Å². The highest BCUT2D eigenvalue weighted by Crippen LogP contribution is 2.40. The molecule has 2 rings (SSSR count). The molecule has 0 aromatic carbocycles. The van der Waals surface area contributed by atoms with Crippen LogP contribution in [0.25, 0.3) is 0 Å². The highest BCUT2D eigenvalue weighted by molar-refractivity contribution is 5.77. The number of carbonyl (C=O) groups excluding carboxylic acids is 1. The fourth-order valence-electron chi connectivity index (χ4n) is 2.59. The second-order valence-electron chi connectivity index (χ2n) is 4.34. The van der Waals surface area contributed by atoms with E-state index in [1.165, 1.54) is 6.42 Å². The highest BCUT2D eigenvalue weighted by atomic mass is 16.5. The lowest BCUT2D eigenvalue weighted by Gasteiger charge is -2.36. The van der Waals surface area contributed by atoms with Crippen LogP contribution in [-0.2, 0) is 10.3 Å². The normalized spacial score (nSPS) is 19.3. The van der Waals surface area contributed by atoms with E-state index in [1.54, 1.807) is 25.6 Å². The number of aldehydes is 1. The fraction of sp³-hybridized carbons (Fsp3) is 0.538. The van der Waals surface area contributed by atoms with E-state index in [2.05, 4.69) is 4.98 Å². The number of hydrogen-bond donors (Lipinski definition) is 0. The highest BCUT2D eigenvalue weighted by Gasteiger charge is 2.35. The maximum Gasteiger partial charge on any atom is 0.150 e. The van der Waals surface area contributed by atoms with E-state index in [0.29, 0.717) is 5.56 Å². The molecule has 1 heterocycles. The van der Waals surface area contributed by atoms with Gasteiger partial charge in [0.1, 0.15) is 0 Å². The molecule has 16 heavy (non-hydrogen) atoms. The summed E-state index contributed by atoms with van der Waals surface area (Å²) in [6.07, 6.45) is 9.85. The predicted molar refractivity (Wildman–Crippen MR) is 61.4 cm³/mol. The Balaban J connectivity index is 2.42. The van der Waals surface area contributed by atoms with E-state index in [9.17, 15) is 4.79 Å². The Bertz CT molecular complexity index is 370. The zero-order valence-electron chi connectivity index (χ0n) is 9.61. The Hall–Kier alpha value is -1.22. The average molecular weight is 219 g/mol. The lowest BCUT2D eigenvalue weighted by atomic mass is 9.78. The first-order valence-electron chi connectivity index (χ1n) is 5.77. The minimum atomic E-state index is -0.289. The van der Waals surface area contributed by atoms with Gasteiger partial charge in [-0.3, -0.25) is 9.78 Å². The van der Waals surface area contributed by atoms with Crippen molar-refractivity contribution in [2.75, 3.05) is 7.11 Å². The van der Waals surface area contributed by atoms with E-state index in [4.69, 9.17) is 4.74 Å². The maximum absolute atomic E-state index is 11.0. The number of rotatable bonds is 3. The van der Waals surface area contributed by atoms with Crippen molar-refractivity contribution in [3.8, 4) is 0 Å². The van der Waals surface area contributed by atoms with E-state index in [0.717, 1.165) is 37.5 Å². The molecule has 0 unspecified atom stereocenters. The molecule has 0 N–H and O–H groups in total. The number of carbonyl (C=O) groups is 1. The van der Waals surface area contributed by atoms with Crippen LogP contribution in [0, 0.1) is 0 Å². The molecular weight excluding hydrogens is 202 g/mol. The molecule has 3 heteroatoms. The summed E-state index contributed by atoms with van der Waals surface area (Å²) in [6, 6.07) is 1.76. The van der Waals surface area contributed by atoms with E-state index < -0.39 is 0 Å². The van der Waals surface area contributed by atoms with Gasteiger partial charge in [-0.1, -0.05) is 19.3 Å². The largest absolute Gasteiger partial charge is 0.373 e. The van der Waals surface area contributed by atoms with Gasteiger partial charge in [0.05, 0.1) is 5.60 Å². The Morgan fingerprint density at radius 2 is 2.12 bits per heavy atom. The molecule has 3 nitrogen and oxygen atoms in total. The molecule has 1 fully saturated rings. The number of pyridine rings is 1. The summed E-state index contributed by atoms with van der Waals surface area (Å²) in [7, 11) is 1.73. The number of methoxy groups -OCH3 is 1. The molecule has 86 valence electrons. The standard InChI is InChI=1S/C13H17NO2/c1-16-13(6-3-2-4-7-13)12-9-14-8-5-11(12)10-15/h5,8-10H,2-4,6-7H2,1H3. The van der Waals surface area contributed by atoms with E-state index in [-0.39, 0.29) is 5.60 Å². The summed E-state index contributed by atoms with van der Waals surface area (Å²) in [5.74, 6) is 0. The molecule has 1 aliphatic rings. The summed E-state index contributed by atoms with van der Waals surface area (Å²) in [5.41, 5.74) is 1.37. The van der Waals surface area contributed by atoms with Crippen molar-refractivity contribution < 1.29 is 9.53 Å². The molecule has 0 spiro atoms. The minimum Gasteiger partial charge on any atom is -0.373 e. The van der Waals surface area contributed by atoms with Crippen molar-refractivity contribution in [3.05, 3.63) is 29.6 Å². The van der Waals surface area contributed by atoms with Crippen molar-refractivity contribution in [1.29, 1.82) is 0 Å². The molecule has 0 aliphatic heterocycles. The lowest BCUT2D eigenvalue weighted by Crippen LogP contribution is -2.32. The third kappa shape index (κ3) is 1.87. The van der Waals surface area contributed by atoms with Gasteiger partial charge in [-0.05, 0) is 18.9 Å². The Labute approximate surface area is 95.8 Å². The Morgan fingerprint density at radius 3 is 2.75 bits per heavy atom. The molecule has 0 radical (unpaired) electrons. The van der Waals surface area contributed by atoms with Crippen LogP contribution < -0.4 is 0 Å². The van der Waals surface area contributed by atoms with Crippen molar-refractivity contribution in [3.63, 3.8) is 0 Å². The van der Waals surface area contributed by atoms with Gasteiger partial charge < -0.3 is 4.74 Å². The van der Waals surface area contributed by atoms with Crippen LogP contribution in [-0.4, -0.2) is 18.4 Å². The second-order valence-corrected chi connectivity index (χ2v) is 4.34. The van der Waals surface area contributed by atoms with Gasteiger partial charge in [0.25, 0.3) is 0 Å². The summed E-state index contributed by atoms with van der Waals surface area (Å²) >= 11 is 0. The topological polar surface area (TPSA) is 39.2 Å². The van der Waals surface area contributed by atoms with Crippen LogP contribution in [0.5, 0.6) is 0 Å². The van der Waals surface area contributed by atoms with E-state index >= 15 is 0 Å². The van der Waals surface area contributed by atoms with Crippen LogP contribution in [0.4, 0.5) is 0 Å². The van der Waals surface area contributed by atoms with Gasteiger partial charge in [0.15, 0.2) is 6.29 Å². The second kappa shape index (κ2) is 4.74. The van der Waals surface area contributed by atoms with Gasteiger partial charge in [0.2, 0.25) is 0 Å². The van der Waals surface area contributed by atoms with Crippen LogP contribution in [0.3, 0.4) is 0 Å². The number of aromatic nitrogens is 1. The molecule has 1 saturated carbocycles. The van der Waals surface area contributed by atoms with Crippen molar-refractivity contribution in [2.45, 2.75) is 37.7 Å². The lowest BCUT2D eigenvalue weighted by molar-refractivity contribution is -0.0450. The van der Waals surface area contributed by atoms with Crippen LogP contribution >= 0.6 is 0 Å². The molecule has 1 aromatic rings. The number of nitrogens with zero attached hydrogens (tertiary/aromatic N) is 1. The molecule has 0 saturated heterocycles. The summed E-state index contributed by atoms with van der Waals surface area (Å²) in [4.78, 5) is 15.2. The van der Waals surface area contributed by atoms with Crippen LogP contribution in [0.1, 0.15) is 48.0 Å². The predicted octanol–water partition coefficient (Wildman–Crippen LogP) is 2.70. The third-order valence-electron chi connectivity index (χ3n) is 3.52. The molecule has 1 aliphatic carbocycles. The van der Waals surface area contributed by atoms with Gasteiger partial charge in [-0.15, -0.1) is 0 Å². The van der Waals surface area contributed by atoms with Crippen molar-refractivity contribution >= 4 is 6.29 Å². The average Bonchev–Trinajstić information content (AvgIpc) is 2.39. The smallest absolute Gasteiger partial charge is 0.150 e. The molecule has 1 aromatic heterocycles. The van der Waals surface area contributed by atoms with E-state index in [1.807, 2.05) is 0 Å². The van der Waals surface area contributed by atoms with Gasteiger partial charge >= 0.3 is 0 Å². The number of ether oxygens (including phenoxy) is 1. The third-order valence-corrected chi connectivity index (χ3v) is 3.52. The SMILES string of the molecule is COC1(c2cnccc2C=O)CCCCC1. The summed E-state index contributed by atoms with van der Waals surface area (Å²) in [5, 5.41) is 0. The summed E-state index contributed by atoms with van der Waals surface area (Å²) < 4.78 is 5.71. The molecule has 0 bridgehead atoms. The Morgan fingerprint density at radius 1 is 1.38 bits per heavy atom. The van der Waals surface area contributed by atoms with Crippen LogP contribution in [0.2, 0.25) is 0 Å². The first-order chi connectivity index (χ1) is 7.82. The first-order valence-corrected chi connectivity index (χ1v) is 5.77. The van der Waals surface area contributed by atoms with Gasteiger partial charge in [-0.2, -0.15) is 0 Å². The minimum absolute atomic E-state index is 0.289. The molecular formula is C13H17NO2. The first kappa shape index (κ1) is 11.3. The van der Waals surface area contributed by atoms with Crippen molar-refractivity contribution in [1.82, 2.24) is 4.98 Å². The number of hydrogen-bond acceptors (Lipinski definition) is 3.